The molecule has 0 heterocycles. The minimum atomic E-state index is -0.691. The molecule has 0 saturated heterocycles. The summed E-state index contributed by atoms with van der Waals surface area (Å²) in [6, 6.07) is 0. The quantitative estimate of drug-likeness (QED) is 0.403. The van der Waals surface area contributed by atoms with E-state index in [2.05, 4.69) is 6.92 Å². The monoisotopic (exact) mass is 292 g/mol. The van der Waals surface area contributed by atoms with Crippen LogP contribution in [0, 0.1) is 0 Å². The number of aliphatic hydroxyl groups is 2. The van der Waals surface area contributed by atoms with Gasteiger partial charge in [0.25, 0.3) is 0 Å². The molecule has 0 aromatic heterocycles. The van der Waals surface area contributed by atoms with Crippen molar-refractivity contribution in [2.24, 2.45) is 0 Å². The zero-order valence-corrected chi connectivity index (χ0v) is 12.8. The maximum Gasteiger partial charge on any atom is 0.306 e. The van der Waals surface area contributed by atoms with Gasteiger partial charge in [-0.1, -0.05) is 39.0 Å². The van der Waals surface area contributed by atoms with Crippen molar-refractivity contribution >= 4 is 17.7 Å². The molecule has 114 valence electrons. The van der Waals surface area contributed by atoms with Crippen LogP contribution in [0.5, 0.6) is 0 Å². The van der Waals surface area contributed by atoms with Crippen LogP contribution in [0.1, 0.15) is 51.9 Å². The highest BCUT2D eigenvalue weighted by Crippen LogP contribution is 2.07. The summed E-state index contributed by atoms with van der Waals surface area (Å²) in [4.78, 5) is 11.3. The Kier molecular flexibility index (Phi) is 14.0. The van der Waals surface area contributed by atoms with Gasteiger partial charge in [0.05, 0.1) is 25.7 Å². The number of hydrogen-bond acceptors (Lipinski definition) is 5. The van der Waals surface area contributed by atoms with E-state index in [4.69, 9.17) is 14.9 Å². The summed E-state index contributed by atoms with van der Waals surface area (Å²) in [5.74, 6) is 0.924. The summed E-state index contributed by atoms with van der Waals surface area (Å²) in [6.45, 7) is 2.49. The van der Waals surface area contributed by atoms with Crippen LogP contribution in [0.2, 0.25) is 0 Å². The van der Waals surface area contributed by atoms with E-state index in [9.17, 15) is 4.79 Å². The predicted octanol–water partition coefficient (Wildman–Crippen LogP) is 2.37. The van der Waals surface area contributed by atoms with Crippen LogP contribution in [0.3, 0.4) is 0 Å². The first kappa shape index (κ1) is 18.7. The van der Waals surface area contributed by atoms with Gasteiger partial charge < -0.3 is 14.9 Å². The molecule has 1 atom stereocenters. The van der Waals surface area contributed by atoms with E-state index in [-0.39, 0.29) is 12.6 Å². The van der Waals surface area contributed by atoms with Crippen molar-refractivity contribution in [3.05, 3.63) is 0 Å². The molecule has 0 rings (SSSR count). The Morgan fingerprint density at radius 1 is 1.21 bits per heavy atom. The fourth-order valence-corrected chi connectivity index (χ4v) is 2.42. The third-order valence-corrected chi connectivity index (χ3v) is 3.85. The second-order valence-corrected chi connectivity index (χ2v) is 5.80. The number of rotatable bonds is 13. The number of thioether (sulfide) groups is 1. The number of unbranched alkanes of at least 4 members (excludes halogenated alkanes) is 5. The van der Waals surface area contributed by atoms with Gasteiger partial charge in [0.2, 0.25) is 0 Å². The Morgan fingerprint density at radius 3 is 2.58 bits per heavy atom. The van der Waals surface area contributed by atoms with E-state index in [1.807, 2.05) is 0 Å². The molecule has 19 heavy (non-hydrogen) atoms. The molecule has 0 radical (unpaired) electrons. The number of carbonyl (C=O) groups excluding carboxylic acids is 1. The highest BCUT2D eigenvalue weighted by Gasteiger charge is 2.05. The van der Waals surface area contributed by atoms with E-state index in [0.29, 0.717) is 24.5 Å². The zero-order valence-electron chi connectivity index (χ0n) is 12.0. The molecule has 0 amide bonds. The summed E-state index contributed by atoms with van der Waals surface area (Å²) in [5, 5.41) is 17.7. The van der Waals surface area contributed by atoms with E-state index in [1.54, 1.807) is 0 Å². The SMILES string of the molecule is CCCCCCCCOC(=O)CCSCC(O)CO. The van der Waals surface area contributed by atoms with E-state index >= 15 is 0 Å². The largest absolute Gasteiger partial charge is 0.466 e. The van der Waals surface area contributed by atoms with Gasteiger partial charge in [-0.05, 0) is 6.42 Å². The van der Waals surface area contributed by atoms with Crippen LogP contribution in [-0.2, 0) is 9.53 Å². The second kappa shape index (κ2) is 14.2. The third kappa shape index (κ3) is 14.0. The topological polar surface area (TPSA) is 66.8 Å². The molecular formula is C14H28O4S. The molecule has 0 aliphatic rings. The van der Waals surface area contributed by atoms with E-state index < -0.39 is 6.10 Å². The number of ether oxygens (including phenoxy) is 1. The molecule has 0 fully saturated rings. The molecule has 0 aromatic rings. The first-order valence-corrected chi connectivity index (χ1v) is 8.38. The third-order valence-electron chi connectivity index (χ3n) is 2.73. The average molecular weight is 292 g/mol. The molecular weight excluding hydrogens is 264 g/mol. The van der Waals surface area contributed by atoms with Gasteiger partial charge >= 0.3 is 5.97 Å². The Hall–Kier alpha value is -0.260. The lowest BCUT2D eigenvalue weighted by Crippen LogP contribution is -2.15. The molecule has 5 heteroatoms. The van der Waals surface area contributed by atoms with Gasteiger partial charge in [0, 0.05) is 11.5 Å². The van der Waals surface area contributed by atoms with Crippen LogP contribution >= 0.6 is 11.8 Å². The number of hydrogen-bond donors (Lipinski definition) is 2. The lowest BCUT2D eigenvalue weighted by Gasteiger charge is -2.07. The maximum atomic E-state index is 11.3. The summed E-state index contributed by atoms with van der Waals surface area (Å²) >= 11 is 1.46. The van der Waals surface area contributed by atoms with Gasteiger partial charge in [-0.2, -0.15) is 11.8 Å². The van der Waals surface area contributed by atoms with Crippen molar-refractivity contribution in [2.75, 3.05) is 24.7 Å². The fourth-order valence-electron chi connectivity index (χ4n) is 1.57. The summed E-state index contributed by atoms with van der Waals surface area (Å²) in [6.07, 6.45) is 6.79. The number of esters is 1. The molecule has 0 aliphatic carbocycles. The molecule has 2 N–H and O–H groups in total. The minimum absolute atomic E-state index is 0.167. The lowest BCUT2D eigenvalue weighted by molar-refractivity contribution is -0.143. The molecule has 1 unspecified atom stereocenters. The highest BCUT2D eigenvalue weighted by molar-refractivity contribution is 7.99. The number of carbonyl (C=O) groups is 1. The minimum Gasteiger partial charge on any atom is -0.466 e. The second-order valence-electron chi connectivity index (χ2n) is 4.65. The van der Waals surface area contributed by atoms with Crippen LogP contribution < -0.4 is 0 Å². The van der Waals surface area contributed by atoms with E-state index in [0.717, 1.165) is 12.8 Å². The molecule has 0 spiro atoms. The van der Waals surface area contributed by atoms with Crippen molar-refractivity contribution in [2.45, 2.75) is 58.0 Å². The van der Waals surface area contributed by atoms with Crippen LogP contribution in [0.4, 0.5) is 0 Å². The smallest absolute Gasteiger partial charge is 0.306 e. The van der Waals surface area contributed by atoms with Crippen molar-refractivity contribution in [3.8, 4) is 0 Å². The summed E-state index contributed by atoms with van der Waals surface area (Å²) < 4.78 is 5.12. The zero-order chi connectivity index (χ0) is 14.3. The molecule has 0 bridgehead atoms. The molecule has 0 aliphatic heterocycles. The van der Waals surface area contributed by atoms with Crippen LogP contribution in [0.25, 0.3) is 0 Å². The summed E-state index contributed by atoms with van der Waals surface area (Å²) in [5.41, 5.74) is 0. The Bertz CT molecular complexity index is 212. The number of aliphatic hydroxyl groups excluding tert-OH is 2. The Balaban J connectivity index is 3.21. The molecule has 0 aromatic carbocycles. The van der Waals surface area contributed by atoms with Crippen molar-refractivity contribution in [1.82, 2.24) is 0 Å². The highest BCUT2D eigenvalue weighted by atomic mass is 32.2. The van der Waals surface area contributed by atoms with Crippen LogP contribution in [-0.4, -0.2) is 47.0 Å². The predicted molar refractivity (Wildman–Crippen MR) is 79.4 cm³/mol. The normalized spacial score (nSPS) is 12.4. The molecule has 0 saturated carbocycles. The summed E-state index contributed by atoms with van der Waals surface area (Å²) in [7, 11) is 0. The van der Waals surface area contributed by atoms with Crippen molar-refractivity contribution in [1.29, 1.82) is 0 Å². The Labute approximate surface area is 120 Å². The standard InChI is InChI=1S/C14H28O4S/c1-2-3-4-5-6-7-9-18-14(17)8-10-19-12-13(16)11-15/h13,15-16H,2-12H2,1H3. The van der Waals surface area contributed by atoms with E-state index in [1.165, 1.54) is 37.4 Å². The Morgan fingerprint density at radius 2 is 1.89 bits per heavy atom. The van der Waals surface area contributed by atoms with Gasteiger partial charge in [-0.25, -0.2) is 0 Å². The van der Waals surface area contributed by atoms with Gasteiger partial charge in [-0.3, -0.25) is 4.79 Å². The van der Waals surface area contributed by atoms with Gasteiger partial charge in [0.15, 0.2) is 0 Å². The van der Waals surface area contributed by atoms with Crippen molar-refractivity contribution in [3.63, 3.8) is 0 Å². The van der Waals surface area contributed by atoms with Crippen molar-refractivity contribution < 1.29 is 19.7 Å². The first-order valence-electron chi connectivity index (χ1n) is 7.23. The van der Waals surface area contributed by atoms with Gasteiger partial charge in [-0.15, -0.1) is 0 Å². The fraction of sp³-hybridized carbons (Fsp3) is 0.929. The lowest BCUT2D eigenvalue weighted by atomic mass is 10.1. The molecule has 4 nitrogen and oxygen atoms in total. The van der Waals surface area contributed by atoms with Gasteiger partial charge in [0.1, 0.15) is 0 Å². The van der Waals surface area contributed by atoms with Crippen LogP contribution in [0.15, 0.2) is 0 Å². The first-order chi connectivity index (χ1) is 9.20. The average Bonchev–Trinajstić information content (AvgIpc) is 2.42. The maximum absolute atomic E-state index is 11.3.